The summed E-state index contributed by atoms with van der Waals surface area (Å²) in [5.74, 6) is 1.40. The van der Waals surface area contributed by atoms with Crippen molar-refractivity contribution < 1.29 is 4.79 Å². The zero-order valence-electron chi connectivity index (χ0n) is 16.7. The zero-order valence-corrected chi connectivity index (χ0v) is 16.7. The monoisotopic (exact) mass is 391 g/mol. The molecule has 1 fully saturated rings. The number of H-pyrrole nitrogens is 1. The molecule has 0 radical (unpaired) electrons. The van der Waals surface area contributed by atoms with Gasteiger partial charge in [0.05, 0.1) is 5.52 Å². The van der Waals surface area contributed by atoms with Crippen LogP contribution in [0.15, 0.2) is 47.3 Å². The van der Waals surface area contributed by atoms with E-state index in [1.54, 1.807) is 0 Å². The van der Waals surface area contributed by atoms with Crippen molar-refractivity contribution in [1.82, 2.24) is 20.3 Å². The fraction of sp³-hybridized carbons (Fsp3) is 0.364. The zero-order chi connectivity index (χ0) is 20.4. The van der Waals surface area contributed by atoms with Gasteiger partial charge in [0.25, 0.3) is 5.56 Å². The Morgan fingerprint density at radius 2 is 2.00 bits per heavy atom. The number of hydrogen-bond acceptors (Lipinski definition) is 5. The molecular weight excluding hydrogens is 366 g/mol. The van der Waals surface area contributed by atoms with Crippen LogP contribution in [0.1, 0.15) is 44.0 Å². The highest BCUT2D eigenvalue weighted by atomic mass is 16.2. The van der Waals surface area contributed by atoms with E-state index in [9.17, 15) is 9.59 Å². The predicted octanol–water partition coefficient (Wildman–Crippen LogP) is 2.73. The largest absolute Gasteiger partial charge is 0.350 e. The summed E-state index contributed by atoms with van der Waals surface area (Å²) < 4.78 is 0. The molecule has 1 aliphatic rings. The molecule has 0 spiro atoms. The van der Waals surface area contributed by atoms with Gasteiger partial charge in [-0.1, -0.05) is 44.2 Å². The third-order valence-electron chi connectivity index (χ3n) is 5.26. The maximum Gasteiger partial charge on any atom is 0.277 e. The molecule has 29 heavy (non-hydrogen) atoms. The van der Waals surface area contributed by atoms with E-state index in [4.69, 9.17) is 0 Å². The summed E-state index contributed by atoms with van der Waals surface area (Å²) >= 11 is 0. The van der Waals surface area contributed by atoms with Gasteiger partial charge in [-0.05, 0) is 30.5 Å². The molecule has 4 rings (SSSR count). The van der Waals surface area contributed by atoms with Gasteiger partial charge in [-0.15, -0.1) is 0 Å². The number of aromatic nitrogens is 3. The number of benzene rings is 1. The molecule has 1 unspecified atom stereocenters. The SMILES string of the molecule is CC(C)c1nc2ccc(N3CCCC3C(=O)NCc3ccccc3)nc2c(=O)[nH]1. The number of hydrogen-bond donors (Lipinski definition) is 2. The maximum absolute atomic E-state index is 12.8. The van der Waals surface area contributed by atoms with Crippen LogP contribution in [0.2, 0.25) is 0 Å². The average molecular weight is 391 g/mol. The second kappa shape index (κ2) is 8.03. The lowest BCUT2D eigenvalue weighted by Crippen LogP contribution is -2.43. The van der Waals surface area contributed by atoms with E-state index in [2.05, 4.69) is 20.3 Å². The van der Waals surface area contributed by atoms with Crippen molar-refractivity contribution in [2.45, 2.75) is 45.2 Å². The van der Waals surface area contributed by atoms with E-state index in [-0.39, 0.29) is 23.4 Å². The quantitative estimate of drug-likeness (QED) is 0.698. The lowest BCUT2D eigenvalue weighted by atomic mass is 10.2. The number of aromatic amines is 1. The molecule has 1 atom stereocenters. The topological polar surface area (TPSA) is 91.0 Å². The normalized spacial score (nSPS) is 16.5. The van der Waals surface area contributed by atoms with Crippen molar-refractivity contribution in [1.29, 1.82) is 0 Å². The van der Waals surface area contributed by atoms with Crippen LogP contribution >= 0.6 is 0 Å². The van der Waals surface area contributed by atoms with E-state index < -0.39 is 0 Å². The van der Waals surface area contributed by atoms with Crippen molar-refractivity contribution in [3.05, 3.63) is 64.2 Å². The van der Waals surface area contributed by atoms with Gasteiger partial charge in [0.2, 0.25) is 5.91 Å². The van der Waals surface area contributed by atoms with Crippen LogP contribution in [0.25, 0.3) is 11.0 Å². The minimum absolute atomic E-state index is 0.0181. The van der Waals surface area contributed by atoms with Gasteiger partial charge in [-0.25, -0.2) is 9.97 Å². The van der Waals surface area contributed by atoms with Gasteiger partial charge in [0, 0.05) is 19.0 Å². The Kier molecular flexibility index (Phi) is 5.29. The van der Waals surface area contributed by atoms with Crippen LogP contribution < -0.4 is 15.8 Å². The lowest BCUT2D eigenvalue weighted by Gasteiger charge is -2.25. The van der Waals surface area contributed by atoms with E-state index >= 15 is 0 Å². The number of pyridine rings is 1. The van der Waals surface area contributed by atoms with Crippen molar-refractivity contribution >= 4 is 22.8 Å². The van der Waals surface area contributed by atoms with Crippen LogP contribution in [0.4, 0.5) is 5.82 Å². The van der Waals surface area contributed by atoms with Crippen molar-refractivity contribution in [2.75, 3.05) is 11.4 Å². The molecule has 1 aromatic carbocycles. The third-order valence-corrected chi connectivity index (χ3v) is 5.26. The van der Waals surface area contributed by atoms with Gasteiger partial charge in [0.15, 0.2) is 5.52 Å². The number of amides is 1. The lowest BCUT2D eigenvalue weighted by molar-refractivity contribution is -0.122. The second-order valence-electron chi connectivity index (χ2n) is 7.70. The highest BCUT2D eigenvalue weighted by Crippen LogP contribution is 2.25. The summed E-state index contributed by atoms with van der Waals surface area (Å²) in [4.78, 5) is 39.1. The fourth-order valence-corrected chi connectivity index (χ4v) is 3.68. The maximum atomic E-state index is 12.8. The molecule has 2 N–H and O–H groups in total. The predicted molar refractivity (Wildman–Crippen MR) is 113 cm³/mol. The number of fused-ring (bicyclic) bond motifs is 1. The first kappa shape index (κ1) is 19.1. The van der Waals surface area contributed by atoms with Crippen molar-refractivity contribution in [3.63, 3.8) is 0 Å². The molecule has 7 nitrogen and oxygen atoms in total. The molecule has 1 saturated heterocycles. The number of carbonyl (C=O) groups is 1. The summed E-state index contributed by atoms with van der Waals surface area (Å²) in [7, 11) is 0. The highest BCUT2D eigenvalue weighted by Gasteiger charge is 2.31. The molecule has 3 heterocycles. The molecule has 7 heteroatoms. The van der Waals surface area contributed by atoms with E-state index in [0.717, 1.165) is 24.9 Å². The van der Waals surface area contributed by atoms with Gasteiger partial charge >= 0.3 is 0 Å². The Morgan fingerprint density at radius 3 is 2.76 bits per heavy atom. The molecular formula is C22H25N5O2. The van der Waals surface area contributed by atoms with Crippen molar-refractivity contribution in [2.24, 2.45) is 0 Å². The molecule has 1 amide bonds. The smallest absolute Gasteiger partial charge is 0.277 e. The van der Waals surface area contributed by atoms with Crippen LogP contribution in [0, 0.1) is 0 Å². The van der Waals surface area contributed by atoms with E-state index in [1.807, 2.05) is 61.2 Å². The standard InChI is InChI=1S/C22H25N5O2/c1-14(2)20-24-16-10-11-18(25-19(16)22(29)26-20)27-12-6-9-17(27)21(28)23-13-15-7-4-3-5-8-15/h3-5,7-8,10-11,14,17H,6,9,12-13H2,1-2H3,(H,23,28)(H,24,26,29). The molecule has 1 aliphatic heterocycles. The van der Waals surface area contributed by atoms with Crippen LogP contribution in [0.5, 0.6) is 0 Å². The first-order valence-corrected chi connectivity index (χ1v) is 10.0. The van der Waals surface area contributed by atoms with E-state index in [1.165, 1.54) is 0 Å². The van der Waals surface area contributed by atoms with Crippen LogP contribution in [-0.2, 0) is 11.3 Å². The minimum atomic E-state index is -0.286. The van der Waals surface area contributed by atoms with Crippen LogP contribution in [0.3, 0.4) is 0 Å². The summed E-state index contributed by atoms with van der Waals surface area (Å²) in [6, 6.07) is 13.2. The Bertz CT molecular complexity index is 1080. The van der Waals surface area contributed by atoms with E-state index in [0.29, 0.717) is 29.2 Å². The second-order valence-corrected chi connectivity index (χ2v) is 7.70. The summed E-state index contributed by atoms with van der Waals surface area (Å²) in [5, 5.41) is 3.02. The number of nitrogens with zero attached hydrogens (tertiary/aromatic N) is 3. The number of carbonyl (C=O) groups excluding carboxylic acids is 1. The summed E-state index contributed by atoms with van der Waals surface area (Å²) in [6.45, 7) is 5.19. The Balaban J connectivity index is 1.55. The first-order valence-electron chi connectivity index (χ1n) is 10.0. The molecule has 3 aromatic rings. The Hall–Kier alpha value is -3.22. The number of anilines is 1. The van der Waals surface area contributed by atoms with Crippen molar-refractivity contribution in [3.8, 4) is 0 Å². The average Bonchev–Trinajstić information content (AvgIpc) is 3.22. The molecule has 2 aromatic heterocycles. The molecule has 0 saturated carbocycles. The number of rotatable bonds is 5. The Labute approximate surface area is 169 Å². The molecule has 150 valence electrons. The van der Waals surface area contributed by atoms with Gasteiger partial charge in [-0.2, -0.15) is 0 Å². The highest BCUT2D eigenvalue weighted by molar-refractivity contribution is 5.86. The summed E-state index contributed by atoms with van der Waals surface area (Å²) in [6.07, 6.45) is 1.67. The summed E-state index contributed by atoms with van der Waals surface area (Å²) in [5.41, 5.74) is 1.70. The fourth-order valence-electron chi connectivity index (χ4n) is 3.68. The third kappa shape index (κ3) is 3.99. The molecule has 0 bridgehead atoms. The first-order chi connectivity index (χ1) is 14.0. The molecule has 0 aliphatic carbocycles. The van der Waals surface area contributed by atoms with Gasteiger partial charge in [0.1, 0.15) is 17.7 Å². The van der Waals surface area contributed by atoms with Gasteiger partial charge < -0.3 is 15.2 Å². The van der Waals surface area contributed by atoms with Gasteiger partial charge in [-0.3, -0.25) is 9.59 Å². The van der Waals surface area contributed by atoms with Crippen LogP contribution in [-0.4, -0.2) is 33.4 Å². The number of nitrogens with one attached hydrogen (secondary N) is 2. The minimum Gasteiger partial charge on any atom is -0.350 e. The Morgan fingerprint density at radius 1 is 1.21 bits per heavy atom.